The number of hydrogen-bond donors (Lipinski definition) is 0. The molecule has 0 saturated carbocycles. The number of thiophene rings is 1. The molecule has 2 heteroatoms. The molecule has 0 unspecified atom stereocenters. The van der Waals surface area contributed by atoms with Gasteiger partial charge in [0.1, 0.15) is 0 Å². The van der Waals surface area contributed by atoms with Crippen LogP contribution in [-0.2, 0) is 11.8 Å². The number of fused-ring (bicyclic) bond motifs is 15. The van der Waals surface area contributed by atoms with Crippen LogP contribution < -0.4 is 4.90 Å². The van der Waals surface area contributed by atoms with Gasteiger partial charge >= 0.3 is 0 Å². The third-order valence-electron chi connectivity index (χ3n) is 13.4. The van der Waals surface area contributed by atoms with E-state index in [1.807, 2.05) is 11.3 Å². The van der Waals surface area contributed by atoms with E-state index in [2.05, 4.69) is 217 Å². The van der Waals surface area contributed by atoms with Gasteiger partial charge in [-0.25, -0.2) is 0 Å². The fraction of sp³-hybridized carbons (Fsp3) is 0.0345. The van der Waals surface area contributed by atoms with Gasteiger partial charge in [0.25, 0.3) is 0 Å². The number of nitrogens with zero attached hydrogens (tertiary/aromatic N) is 1. The first-order valence-electron chi connectivity index (χ1n) is 20.9. The molecule has 9 aromatic carbocycles. The second-order valence-corrected chi connectivity index (χ2v) is 17.5. The maximum Gasteiger partial charge on any atom is 0.0726 e. The van der Waals surface area contributed by atoms with Crippen LogP contribution in [0.2, 0.25) is 0 Å². The van der Waals surface area contributed by atoms with E-state index < -0.39 is 5.41 Å². The summed E-state index contributed by atoms with van der Waals surface area (Å²) in [5, 5.41) is 1.38. The van der Waals surface area contributed by atoms with Gasteiger partial charge in [-0.1, -0.05) is 170 Å². The number of benzene rings is 9. The predicted molar refractivity (Wildman–Crippen MR) is 252 cm³/mol. The molecule has 13 rings (SSSR count). The van der Waals surface area contributed by atoms with Gasteiger partial charge in [-0.15, -0.1) is 11.3 Å². The van der Waals surface area contributed by atoms with Gasteiger partial charge in [0, 0.05) is 44.0 Å². The lowest BCUT2D eigenvalue weighted by atomic mass is 9.70. The number of rotatable bonds is 5. The average molecular weight is 780 g/mol. The molecule has 1 heterocycles. The fourth-order valence-corrected chi connectivity index (χ4v) is 12.1. The lowest BCUT2D eigenvalue weighted by molar-refractivity contribution is 0.793. The standard InChI is InChI=1S/C58H37NS/c1-2-13-37(14-3-1)38-25-29-40(30-26-38)59(41-31-27-39(28-32-41)43-19-12-20-48-50(43)36-56-57(48)49-18-7-11-24-55(49)60-56)42-33-34-47-46-17-6-10-23-53(46)58(54(47)35-42)51-21-8-4-15-44(51)45-16-5-9-22-52(45)58/h1-35H,36H2. The van der Waals surface area contributed by atoms with E-state index in [1.54, 1.807) is 0 Å². The van der Waals surface area contributed by atoms with E-state index >= 15 is 0 Å². The minimum absolute atomic E-state index is 0.414. The summed E-state index contributed by atoms with van der Waals surface area (Å²) in [4.78, 5) is 3.92. The summed E-state index contributed by atoms with van der Waals surface area (Å²) in [6, 6.07) is 79.1. The lowest BCUT2D eigenvalue weighted by Crippen LogP contribution is -2.26. The normalized spacial score (nSPS) is 13.4. The second kappa shape index (κ2) is 12.9. The number of anilines is 3. The minimum atomic E-state index is -0.414. The molecule has 280 valence electrons. The maximum absolute atomic E-state index is 2.49. The Bertz CT molecular complexity index is 3270. The highest BCUT2D eigenvalue weighted by Crippen LogP contribution is 2.63. The van der Waals surface area contributed by atoms with Crippen LogP contribution in [-0.4, -0.2) is 0 Å². The summed E-state index contributed by atoms with van der Waals surface area (Å²) in [5.41, 5.74) is 22.9. The molecule has 3 aliphatic carbocycles. The third kappa shape index (κ3) is 4.68. The molecule has 0 fully saturated rings. The zero-order valence-electron chi connectivity index (χ0n) is 32.8. The van der Waals surface area contributed by atoms with Crippen LogP contribution in [0.25, 0.3) is 65.7 Å². The van der Waals surface area contributed by atoms with Crippen molar-refractivity contribution in [3.63, 3.8) is 0 Å². The zero-order valence-corrected chi connectivity index (χ0v) is 33.6. The van der Waals surface area contributed by atoms with Crippen molar-refractivity contribution in [3.8, 4) is 55.6 Å². The number of hydrogen-bond acceptors (Lipinski definition) is 2. The van der Waals surface area contributed by atoms with Gasteiger partial charge in [-0.3, -0.25) is 0 Å². The van der Waals surface area contributed by atoms with E-state index in [0.717, 1.165) is 23.5 Å². The highest BCUT2D eigenvalue weighted by molar-refractivity contribution is 7.19. The van der Waals surface area contributed by atoms with Crippen molar-refractivity contribution >= 4 is 38.5 Å². The first kappa shape index (κ1) is 33.7. The van der Waals surface area contributed by atoms with Crippen LogP contribution in [0.15, 0.2) is 212 Å². The summed E-state index contributed by atoms with van der Waals surface area (Å²) in [5.74, 6) is 0. The Labute approximate surface area is 354 Å². The maximum atomic E-state index is 2.49. The molecule has 0 atom stereocenters. The van der Waals surface area contributed by atoms with Crippen LogP contribution >= 0.6 is 11.3 Å². The van der Waals surface area contributed by atoms with Crippen LogP contribution in [0.3, 0.4) is 0 Å². The first-order chi connectivity index (χ1) is 29.8. The van der Waals surface area contributed by atoms with Gasteiger partial charge in [-0.2, -0.15) is 0 Å². The van der Waals surface area contributed by atoms with Crippen molar-refractivity contribution < 1.29 is 0 Å². The van der Waals surface area contributed by atoms with Crippen molar-refractivity contribution in [1.82, 2.24) is 0 Å². The van der Waals surface area contributed by atoms with Crippen molar-refractivity contribution in [2.75, 3.05) is 4.90 Å². The first-order valence-corrected chi connectivity index (χ1v) is 21.7. The monoisotopic (exact) mass is 779 g/mol. The molecule has 1 spiro atoms. The summed E-state index contributed by atoms with van der Waals surface area (Å²) < 4.78 is 1.38. The van der Waals surface area contributed by atoms with Crippen LogP contribution in [0, 0.1) is 0 Å². The average Bonchev–Trinajstić information content (AvgIpc) is 4.04. The van der Waals surface area contributed by atoms with Gasteiger partial charge in [0.05, 0.1) is 5.41 Å². The molecule has 3 aliphatic rings. The van der Waals surface area contributed by atoms with Crippen molar-refractivity contribution in [1.29, 1.82) is 0 Å². The highest BCUT2D eigenvalue weighted by atomic mass is 32.1. The molecule has 0 N–H and O–H groups in total. The molecule has 1 nitrogen and oxygen atoms in total. The summed E-state index contributed by atoms with van der Waals surface area (Å²) >= 11 is 1.95. The van der Waals surface area contributed by atoms with Gasteiger partial charge in [0.2, 0.25) is 0 Å². The highest BCUT2D eigenvalue weighted by Gasteiger charge is 2.51. The van der Waals surface area contributed by atoms with E-state index in [0.29, 0.717) is 0 Å². The van der Waals surface area contributed by atoms with Gasteiger partial charge < -0.3 is 4.90 Å². The zero-order chi connectivity index (χ0) is 39.4. The minimum Gasteiger partial charge on any atom is -0.310 e. The smallest absolute Gasteiger partial charge is 0.0726 e. The third-order valence-corrected chi connectivity index (χ3v) is 14.5. The van der Waals surface area contributed by atoms with E-state index in [-0.39, 0.29) is 0 Å². The Morgan fingerprint density at radius 3 is 1.53 bits per heavy atom. The van der Waals surface area contributed by atoms with Crippen molar-refractivity contribution in [2.45, 2.75) is 11.8 Å². The Kier molecular flexibility index (Phi) is 7.23. The Morgan fingerprint density at radius 2 is 0.867 bits per heavy atom. The largest absolute Gasteiger partial charge is 0.310 e. The van der Waals surface area contributed by atoms with E-state index in [9.17, 15) is 0 Å². The Morgan fingerprint density at radius 1 is 0.367 bits per heavy atom. The quantitative estimate of drug-likeness (QED) is 0.168. The lowest BCUT2D eigenvalue weighted by Gasteiger charge is -2.32. The molecule has 0 amide bonds. The fourth-order valence-electron chi connectivity index (χ4n) is 10.9. The molecule has 0 saturated heterocycles. The second-order valence-electron chi connectivity index (χ2n) is 16.3. The Hall–Kier alpha value is -7.26. The molecule has 0 bridgehead atoms. The van der Waals surface area contributed by atoms with Crippen LogP contribution in [0.5, 0.6) is 0 Å². The van der Waals surface area contributed by atoms with E-state index in [4.69, 9.17) is 0 Å². The molecule has 0 radical (unpaired) electrons. The molecular formula is C58H37NS. The van der Waals surface area contributed by atoms with Crippen molar-refractivity contribution in [2.24, 2.45) is 0 Å². The summed E-state index contributed by atoms with van der Waals surface area (Å²) in [6.45, 7) is 0. The van der Waals surface area contributed by atoms with Gasteiger partial charge in [-0.05, 0) is 120 Å². The molecule has 0 aliphatic heterocycles. The topological polar surface area (TPSA) is 3.24 Å². The summed E-state index contributed by atoms with van der Waals surface area (Å²) in [7, 11) is 0. The molecule has 1 aromatic heterocycles. The van der Waals surface area contributed by atoms with E-state index in [1.165, 1.54) is 98.4 Å². The van der Waals surface area contributed by atoms with Crippen LogP contribution in [0.1, 0.15) is 32.7 Å². The van der Waals surface area contributed by atoms with Crippen LogP contribution in [0.4, 0.5) is 17.1 Å². The van der Waals surface area contributed by atoms with Gasteiger partial charge in [0.15, 0.2) is 0 Å². The molecule has 10 aromatic rings. The molecular weight excluding hydrogens is 743 g/mol. The Balaban J connectivity index is 0.974. The predicted octanol–water partition coefficient (Wildman–Crippen LogP) is 15.6. The summed E-state index contributed by atoms with van der Waals surface area (Å²) in [6.07, 6.45) is 0.980. The molecule has 60 heavy (non-hydrogen) atoms. The van der Waals surface area contributed by atoms with Crippen molar-refractivity contribution in [3.05, 3.63) is 245 Å². The SMILES string of the molecule is c1ccc(-c2ccc(N(c3ccc(-c4cccc5c4Cc4sc6ccccc6c4-5)cc3)c3ccc4c(c3)C3(c5ccccc5-c5ccccc53)c3ccccc3-4)cc2)cc1.